The fourth-order valence-corrected chi connectivity index (χ4v) is 3.24. The van der Waals surface area contributed by atoms with Crippen molar-refractivity contribution in [3.63, 3.8) is 0 Å². The third-order valence-electron chi connectivity index (χ3n) is 4.82. The molecule has 0 spiro atoms. The van der Waals surface area contributed by atoms with Crippen LogP contribution in [0.25, 0.3) is 0 Å². The second-order valence-corrected chi connectivity index (χ2v) is 6.69. The van der Waals surface area contributed by atoms with E-state index in [1.807, 2.05) is 41.3 Å². The number of hydrogen-bond donors (Lipinski definition) is 1. The van der Waals surface area contributed by atoms with Gasteiger partial charge in [0.2, 0.25) is 5.91 Å². The zero-order valence-corrected chi connectivity index (χ0v) is 15.4. The van der Waals surface area contributed by atoms with Crippen LogP contribution in [-0.2, 0) is 17.8 Å². The zero-order valence-electron chi connectivity index (χ0n) is 15.4. The largest absolute Gasteiger partial charge is 0.497 e. The van der Waals surface area contributed by atoms with Crippen molar-refractivity contribution in [2.75, 3.05) is 33.3 Å². The highest BCUT2D eigenvalue weighted by molar-refractivity contribution is 5.87. The summed E-state index contributed by atoms with van der Waals surface area (Å²) in [6.45, 7) is 3.79. The molecular weight excluding hydrogens is 344 g/mol. The number of nitrogens with zero attached hydrogens (tertiary/aromatic N) is 2. The van der Waals surface area contributed by atoms with Crippen LogP contribution in [0.5, 0.6) is 5.75 Å². The molecule has 0 aromatic heterocycles. The molecule has 0 aliphatic carbocycles. The minimum Gasteiger partial charge on any atom is -0.497 e. The normalized spacial score (nSPS) is 14.8. The van der Waals surface area contributed by atoms with Crippen LogP contribution in [0.1, 0.15) is 21.5 Å². The van der Waals surface area contributed by atoms with Crippen LogP contribution in [0.2, 0.25) is 0 Å². The maximum Gasteiger partial charge on any atom is 0.335 e. The van der Waals surface area contributed by atoms with Gasteiger partial charge in [-0.25, -0.2) is 4.79 Å². The van der Waals surface area contributed by atoms with Crippen molar-refractivity contribution >= 4 is 11.9 Å². The molecule has 1 saturated heterocycles. The predicted octanol–water partition coefficient (Wildman–Crippen LogP) is 2.28. The van der Waals surface area contributed by atoms with Gasteiger partial charge in [0.25, 0.3) is 0 Å². The highest BCUT2D eigenvalue weighted by atomic mass is 16.5. The summed E-state index contributed by atoms with van der Waals surface area (Å²) in [5, 5.41) is 8.96. The van der Waals surface area contributed by atoms with Crippen LogP contribution in [0.4, 0.5) is 0 Å². The minimum absolute atomic E-state index is 0.133. The zero-order chi connectivity index (χ0) is 19.2. The smallest absolute Gasteiger partial charge is 0.335 e. The number of hydrogen-bond acceptors (Lipinski definition) is 4. The summed E-state index contributed by atoms with van der Waals surface area (Å²) < 4.78 is 5.21. The van der Waals surface area contributed by atoms with Gasteiger partial charge in [-0.15, -0.1) is 0 Å². The summed E-state index contributed by atoms with van der Waals surface area (Å²) in [5.41, 5.74) is 2.34. The van der Waals surface area contributed by atoms with Gasteiger partial charge in [-0.1, -0.05) is 24.3 Å². The molecule has 1 heterocycles. The molecule has 3 rings (SSSR count). The van der Waals surface area contributed by atoms with E-state index in [-0.39, 0.29) is 5.91 Å². The van der Waals surface area contributed by atoms with Crippen molar-refractivity contribution in [3.8, 4) is 5.75 Å². The maximum atomic E-state index is 12.5. The Morgan fingerprint density at radius 1 is 1.00 bits per heavy atom. The fourth-order valence-electron chi connectivity index (χ4n) is 3.24. The first-order valence-electron chi connectivity index (χ1n) is 9.00. The van der Waals surface area contributed by atoms with Gasteiger partial charge in [-0.3, -0.25) is 9.69 Å². The number of rotatable bonds is 6. The number of ether oxygens (including phenoxy) is 1. The molecule has 142 valence electrons. The number of carbonyl (C=O) groups is 2. The molecule has 0 bridgehead atoms. The Bertz CT molecular complexity index is 796. The van der Waals surface area contributed by atoms with Crippen molar-refractivity contribution in [2.45, 2.75) is 13.0 Å². The van der Waals surface area contributed by atoms with E-state index in [9.17, 15) is 9.59 Å². The molecule has 27 heavy (non-hydrogen) atoms. The second-order valence-electron chi connectivity index (χ2n) is 6.69. The lowest BCUT2D eigenvalue weighted by atomic mass is 10.1. The van der Waals surface area contributed by atoms with Gasteiger partial charge in [0.1, 0.15) is 5.75 Å². The molecule has 0 atom stereocenters. The molecule has 1 amide bonds. The van der Waals surface area contributed by atoms with E-state index in [1.165, 1.54) is 0 Å². The first kappa shape index (κ1) is 18.9. The van der Waals surface area contributed by atoms with E-state index in [4.69, 9.17) is 9.84 Å². The van der Waals surface area contributed by atoms with E-state index in [0.717, 1.165) is 36.5 Å². The van der Waals surface area contributed by atoms with Crippen LogP contribution in [0.15, 0.2) is 48.5 Å². The van der Waals surface area contributed by atoms with E-state index < -0.39 is 5.97 Å². The topological polar surface area (TPSA) is 70.1 Å². The van der Waals surface area contributed by atoms with Gasteiger partial charge < -0.3 is 14.7 Å². The minimum atomic E-state index is -0.912. The number of benzene rings is 2. The van der Waals surface area contributed by atoms with Crippen molar-refractivity contribution in [1.29, 1.82) is 0 Å². The van der Waals surface area contributed by atoms with Gasteiger partial charge in [0.05, 0.1) is 19.1 Å². The van der Waals surface area contributed by atoms with Crippen LogP contribution < -0.4 is 4.74 Å². The van der Waals surface area contributed by atoms with Gasteiger partial charge in [-0.05, 0) is 35.4 Å². The van der Waals surface area contributed by atoms with Crippen molar-refractivity contribution in [1.82, 2.24) is 9.80 Å². The number of carbonyl (C=O) groups excluding carboxylic acids is 1. The monoisotopic (exact) mass is 368 g/mol. The lowest BCUT2D eigenvalue weighted by Gasteiger charge is -2.35. The molecule has 0 saturated carbocycles. The molecule has 2 aromatic rings. The Labute approximate surface area is 159 Å². The summed E-state index contributed by atoms with van der Waals surface area (Å²) in [7, 11) is 1.62. The van der Waals surface area contributed by atoms with Crippen molar-refractivity contribution in [3.05, 3.63) is 65.2 Å². The SMILES string of the molecule is COc1cccc(CC(=O)N2CCN(Cc3ccc(C(=O)O)cc3)CC2)c1. The predicted molar refractivity (Wildman–Crippen MR) is 102 cm³/mol. The Balaban J connectivity index is 1.49. The fraction of sp³-hybridized carbons (Fsp3) is 0.333. The first-order chi connectivity index (χ1) is 13.0. The standard InChI is InChI=1S/C21H24N2O4/c1-27-19-4-2-3-17(13-19)14-20(24)23-11-9-22(10-12-23)15-16-5-7-18(8-6-16)21(25)26/h2-8,13H,9-12,14-15H2,1H3,(H,25,26). The number of amides is 1. The molecule has 2 aromatic carbocycles. The Hall–Kier alpha value is -2.86. The number of piperazine rings is 1. The summed E-state index contributed by atoms with van der Waals surface area (Å²) in [6.07, 6.45) is 0.383. The molecule has 6 nitrogen and oxygen atoms in total. The van der Waals surface area contributed by atoms with E-state index in [2.05, 4.69) is 4.90 Å². The highest BCUT2D eigenvalue weighted by Crippen LogP contribution is 2.15. The Morgan fingerprint density at radius 3 is 2.33 bits per heavy atom. The van der Waals surface area contributed by atoms with Crippen LogP contribution >= 0.6 is 0 Å². The Morgan fingerprint density at radius 2 is 1.70 bits per heavy atom. The third-order valence-corrected chi connectivity index (χ3v) is 4.82. The van der Waals surface area contributed by atoms with Crippen molar-refractivity contribution in [2.24, 2.45) is 0 Å². The van der Waals surface area contributed by atoms with Crippen LogP contribution in [-0.4, -0.2) is 60.1 Å². The number of carboxylic acid groups (broad SMARTS) is 1. The first-order valence-corrected chi connectivity index (χ1v) is 9.00. The van der Waals surface area contributed by atoms with Gasteiger partial charge in [-0.2, -0.15) is 0 Å². The summed E-state index contributed by atoms with van der Waals surface area (Å²) in [6, 6.07) is 14.6. The number of aromatic carboxylic acids is 1. The van der Waals surface area contributed by atoms with Gasteiger partial charge in [0, 0.05) is 32.7 Å². The quantitative estimate of drug-likeness (QED) is 0.847. The summed E-state index contributed by atoms with van der Waals surface area (Å²) >= 11 is 0. The lowest BCUT2D eigenvalue weighted by molar-refractivity contribution is -0.132. The van der Waals surface area contributed by atoms with Gasteiger partial charge in [0.15, 0.2) is 0 Å². The van der Waals surface area contributed by atoms with E-state index >= 15 is 0 Å². The van der Waals surface area contributed by atoms with Crippen molar-refractivity contribution < 1.29 is 19.4 Å². The molecule has 1 fully saturated rings. The molecule has 1 N–H and O–H groups in total. The average Bonchev–Trinajstić information content (AvgIpc) is 2.69. The summed E-state index contributed by atoms with van der Waals surface area (Å²) in [4.78, 5) is 27.6. The lowest BCUT2D eigenvalue weighted by Crippen LogP contribution is -2.48. The number of methoxy groups -OCH3 is 1. The maximum absolute atomic E-state index is 12.5. The van der Waals surface area contributed by atoms with E-state index in [0.29, 0.717) is 25.1 Å². The molecule has 1 aliphatic rings. The third kappa shape index (κ3) is 5.08. The van der Waals surface area contributed by atoms with Gasteiger partial charge >= 0.3 is 5.97 Å². The van der Waals surface area contributed by atoms with Crippen LogP contribution in [0.3, 0.4) is 0 Å². The second kappa shape index (κ2) is 8.68. The average molecular weight is 368 g/mol. The number of carboxylic acids is 1. The summed E-state index contributed by atoms with van der Waals surface area (Å²) in [5.74, 6) is -0.0162. The molecule has 0 unspecified atom stereocenters. The molecule has 1 aliphatic heterocycles. The van der Waals surface area contributed by atoms with Crippen LogP contribution in [0, 0.1) is 0 Å². The highest BCUT2D eigenvalue weighted by Gasteiger charge is 2.21. The molecule has 6 heteroatoms. The van der Waals surface area contributed by atoms with E-state index in [1.54, 1.807) is 19.2 Å². The molecular formula is C21H24N2O4. The molecule has 0 radical (unpaired) electrons. The Kier molecular flexibility index (Phi) is 6.08.